The van der Waals surface area contributed by atoms with E-state index in [1.165, 1.54) is 47.0 Å². The van der Waals surface area contributed by atoms with Crippen LogP contribution in [0.15, 0.2) is 78.9 Å². The first-order valence-electron chi connectivity index (χ1n) is 13.4. The highest BCUT2D eigenvalue weighted by molar-refractivity contribution is 7.18. The van der Waals surface area contributed by atoms with Gasteiger partial charge in [0, 0.05) is 35.5 Å². The summed E-state index contributed by atoms with van der Waals surface area (Å²) >= 11 is 1.62. The van der Waals surface area contributed by atoms with Crippen molar-refractivity contribution in [2.45, 2.75) is 37.8 Å². The highest BCUT2D eigenvalue weighted by atomic mass is 32.1. The molecule has 5 nitrogen and oxygen atoms in total. The highest BCUT2D eigenvalue weighted by Gasteiger charge is 2.42. The second kappa shape index (κ2) is 9.54. The Bertz CT molecular complexity index is 1770. The minimum atomic E-state index is -0.837. The van der Waals surface area contributed by atoms with Gasteiger partial charge < -0.3 is 14.7 Å². The number of hydrogen-bond acceptors (Lipinski definition) is 4. The van der Waals surface area contributed by atoms with Crippen LogP contribution in [0.1, 0.15) is 41.3 Å². The molecule has 0 spiro atoms. The Morgan fingerprint density at radius 3 is 2.74 bits per heavy atom. The van der Waals surface area contributed by atoms with Crippen molar-refractivity contribution in [2.75, 3.05) is 12.0 Å². The number of ether oxygens (including phenoxy) is 1. The van der Waals surface area contributed by atoms with Gasteiger partial charge in [0.25, 0.3) is 5.01 Å². The number of fused-ring (bicyclic) bond motifs is 5. The quantitative estimate of drug-likeness (QED) is 0.231. The van der Waals surface area contributed by atoms with Crippen molar-refractivity contribution < 1.29 is 19.2 Å². The monoisotopic (exact) mass is 533 g/mol. The van der Waals surface area contributed by atoms with Gasteiger partial charge in [-0.25, -0.2) is 4.79 Å². The normalized spacial score (nSPS) is 18.2. The number of carboxylic acids is 1. The van der Waals surface area contributed by atoms with Gasteiger partial charge in [0.1, 0.15) is 10.4 Å². The average molecular weight is 534 g/mol. The van der Waals surface area contributed by atoms with E-state index in [0.717, 1.165) is 26.5 Å². The summed E-state index contributed by atoms with van der Waals surface area (Å²) in [5, 5.41) is 12.8. The van der Waals surface area contributed by atoms with E-state index in [1.54, 1.807) is 18.4 Å². The molecule has 4 aromatic carbocycles. The van der Waals surface area contributed by atoms with Crippen molar-refractivity contribution in [3.8, 4) is 5.75 Å². The van der Waals surface area contributed by atoms with Gasteiger partial charge in [-0.05, 0) is 83.3 Å². The molecule has 0 saturated heterocycles. The van der Waals surface area contributed by atoms with E-state index in [2.05, 4.69) is 65.6 Å². The number of carbonyl (C=O) groups is 1. The fraction of sp³-hybridized carbons (Fsp3) is 0.212. The summed E-state index contributed by atoms with van der Waals surface area (Å²) in [5.41, 5.74) is 6.07. The molecule has 1 aliphatic heterocycles. The molecular formula is C33H29N2O3S+. The zero-order valence-electron chi connectivity index (χ0n) is 21.7. The van der Waals surface area contributed by atoms with Gasteiger partial charge in [-0.2, -0.15) is 4.57 Å². The van der Waals surface area contributed by atoms with Crippen LogP contribution in [0.25, 0.3) is 33.1 Å². The van der Waals surface area contributed by atoms with Crippen LogP contribution in [0, 0.1) is 0 Å². The third-order valence-corrected chi connectivity index (χ3v) is 9.31. The van der Waals surface area contributed by atoms with Crippen molar-refractivity contribution in [3.05, 3.63) is 95.0 Å². The SMILES string of the molecule is COc1ccc2cc(N3c4ccc(/C=C/c5sc6ccccc6[n+]5CC(=O)O)cc4C4CCCC43)ccc2c1. The molecule has 39 heavy (non-hydrogen) atoms. The van der Waals surface area contributed by atoms with Gasteiger partial charge in [0.2, 0.25) is 12.1 Å². The lowest BCUT2D eigenvalue weighted by molar-refractivity contribution is -0.657. The number of methoxy groups -OCH3 is 1. The van der Waals surface area contributed by atoms with Crippen molar-refractivity contribution in [3.63, 3.8) is 0 Å². The first-order chi connectivity index (χ1) is 19.1. The molecule has 2 unspecified atom stereocenters. The van der Waals surface area contributed by atoms with E-state index in [9.17, 15) is 9.90 Å². The standard InChI is InChI=1S/C33H28N2O3S/c1-38-25-14-12-22-18-24(13-11-23(22)19-25)35-28-7-4-5-26(28)27-17-21(9-15-29(27)35)10-16-32-34(20-33(36)37)30-6-2-3-8-31(30)39-32/h2-3,6,8-19,26,28H,4-5,7,20H2,1H3/p+1. The number of para-hydroxylation sites is 1. The Morgan fingerprint density at radius 1 is 1.03 bits per heavy atom. The molecule has 6 heteroatoms. The van der Waals surface area contributed by atoms with Gasteiger partial charge in [0.15, 0.2) is 0 Å². The number of aromatic nitrogens is 1. The maximum atomic E-state index is 11.6. The van der Waals surface area contributed by atoms with Crippen LogP contribution in [0.4, 0.5) is 11.4 Å². The smallest absolute Gasteiger partial charge is 0.370 e. The molecule has 1 aromatic heterocycles. The summed E-state index contributed by atoms with van der Waals surface area (Å²) in [7, 11) is 1.71. The average Bonchev–Trinajstić information content (AvgIpc) is 3.64. The van der Waals surface area contributed by atoms with Crippen molar-refractivity contribution >= 4 is 61.8 Å². The van der Waals surface area contributed by atoms with Crippen LogP contribution in [0.2, 0.25) is 0 Å². The van der Waals surface area contributed by atoms with Gasteiger partial charge in [-0.1, -0.05) is 48.1 Å². The molecule has 2 atom stereocenters. The number of aliphatic carboxylic acids is 1. The Kier molecular flexibility index (Phi) is 5.85. The predicted molar refractivity (Wildman–Crippen MR) is 158 cm³/mol. The molecule has 7 rings (SSSR count). The lowest BCUT2D eigenvalue weighted by Gasteiger charge is -2.27. The number of nitrogens with zero attached hydrogens (tertiary/aromatic N) is 2. The van der Waals surface area contributed by atoms with Crippen LogP contribution < -0.4 is 14.2 Å². The van der Waals surface area contributed by atoms with E-state index in [4.69, 9.17) is 4.74 Å². The van der Waals surface area contributed by atoms with Crippen LogP contribution in [-0.4, -0.2) is 24.2 Å². The van der Waals surface area contributed by atoms with Gasteiger partial charge in [0.05, 0.1) is 7.11 Å². The molecule has 2 aliphatic rings. The summed E-state index contributed by atoms with van der Waals surface area (Å²) in [6, 6.07) is 28.2. The maximum Gasteiger partial charge on any atom is 0.370 e. The first-order valence-corrected chi connectivity index (χ1v) is 14.2. The molecule has 1 saturated carbocycles. The van der Waals surface area contributed by atoms with E-state index in [0.29, 0.717) is 12.0 Å². The van der Waals surface area contributed by atoms with Crippen LogP contribution in [0.5, 0.6) is 5.75 Å². The molecule has 0 radical (unpaired) electrons. The minimum absolute atomic E-state index is 0.0505. The van der Waals surface area contributed by atoms with Crippen molar-refractivity contribution in [2.24, 2.45) is 0 Å². The topological polar surface area (TPSA) is 53.7 Å². The molecule has 2 heterocycles. The molecular weight excluding hydrogens is 504 g/mol. The fourth-order valence-electron chi connectivity index (χ4n) is 6.45. The lowest BCUT2D eigenvalue weighted by atomic mass is 9.96. The number of carboxylic acid groups (broad SMARTS) is 1. The van der Waals surface area contributed by atoms with E-state index < -0.39 is 5.97 Å². The molecule has 1 fully saturated rings. The van der Waals surface area contributed by atoms with E-state index >= 15 is 0 Å². The number of anilines is 2. The third-order valence-electron chi connectivity index (χ3n) is 8.18. The van der Waals surface area contributed by atoms with E-state index in [1.807, 2.05) is 34.9 Å². The number of thiazole rings is 1. The Hall–Kier alpha value is -4.16. The number of rotatable bonds is 6. The molecule has 1 aliphatic carbocycles. The third kappa shape index (κ3) is 4.16. The van der Waals surface area contributed by atoms with Crippen molar-refractivity contribution in [1.29, 1.82) is 0 Å². The molecule has 0 amide bonds. The summed E-state index contributed by atoms with van der Waals surface area (Å²) in [4.78, 5) is 14.1. The Labute approximate surface area is 231 Å². The first kappa shape index (κ1) is 23.9. The second-order valence-corrected chi connectivity index (χ2v) is 11.5. The van der Waals surface area contributed by atoms with Crippen LogP contribution in [-0.2, 0) is 11.3 Å². The molecule has 1 N–H and O–H groups in total. The summed E-state index contributed by atoms with van der Waals surface area (Å²) in [6.07, 6.45) is 7.83. The fourth-order valence-corrected chi connectivity index (χ4v) is 7.51. The molecule has 5 aromatic rings. The molecule has 0 bridgehead atoms. The van der Waals surface area contributed by atoms with E-state index in [-0.39, 0.29) is 6.54 Å². The summed E-state index contributed by atoms with van der Waals surface area (Å²) in [5.74, 6) is 0.569. The lowest BCUT2D eigenvalue weighted by Crippen LogP contribution is -2.39. The van der Waals surface area contributed by atoms with Crippen molar-refractivity contribution in [1.82, 2.24) is 0 Å². The Balaban J connectivity index is 1.24. The highest BCUT2D eigenvalue weighted by Crippen LogP contribution is 2.52. The van der Waals surface area contributed by atoms with Crippen LogP contribution >= 0.6 is 11.3 Å². The largest absolute Gasteiger partial charge is 0.497 e. The predicted octanol–water partition coefficient (Wildman–Crippen LogP) is 7.39. The summed E-state index contributed by atoms with van der Waals surface area (Å²) < 4.78 is 8.38. The molecule has 194 valence electrons. The number of hydrogen-bond donors (Lipinski definition) is 1. The summed E-state index contributed by atoms with van der Waals surface area (Å²) in [6.45, 7) is -0.0505. The number of benzene rings is 4. The maximum absolute atomic E-state index is 11.6. The zero-order valence-corrected chi connectivity index (χ0v) is 22.5. The van der Waals surface area contributed by atoms with Gasteiger partial charge in [-0.15, -0.1) is 0 Å². The van der Waals surface area contributed by atoms with Gasteiger partial charge in [-0.3, -0.25) is 0 Å². The van der Waals surface area contributed by atoms with Crippen LogP contribution in [0.3, 0.4) is 0 Å². The zero-order chi connectivity index (χ0) is 26.5. The second-order valence-electron chi connectivity index (χ2n) is 10.4. The van der Waals surface area contributed by atoms with Gasteiger partial charge >= 0.3 is 5.97 Å². The minimum Gasteiger partial charge on any atom is -0.497 e. The Morgan fingerprint density at radius 2 is 1.87 bits per heavy atom.